The second kappa shape index (κ2) is 3.91. The minimum absolute atomic E-state index is 0.120. The van der Waals surface area contributed by atoms with Crippen molar-refractivity contribution in [2.24, 2.45) is 0 Å². The Morgan fingerprint density at radius 3 is 2.73 bits per heavy atom. The molecule has 0 aliphatic heterocycles. The standard InChI is InChI=1S/C12H10ClNO/c1-8-5-6-10(13)9(7-8)11-3-2-4-12(15)14-11/h2-7H,1H3,(H,14,15). The Morgan fingerprint density at radius 2 is 2.00 bits per heavy atom. The van der Waals surface area contributed by atoms with E-state index >= 15 is 0 Å². The number of benzene rings is 1. The zero-order valence-electron chi connectivity index (χ0n) is 8.25. The lowest BCUT2D eigenvalue weighted by atomic mass is 10.1. The summed E-state index contributed by atoms with van der Waals surface area (Å²) in [6, 6.07) is 10.8. The van der Waals surface area contributed by atoms with E-state index in [1.807, 2.05) is 31.2 Å². The van der Waals surface area contributed by atoms with Gasteiger partial charge in [-0.25, -0.2) is 0 Å². The fraction of sp³-hybridized carbons (Fsp3) is 0.0833. The number of pyridine rings is 1. The topological polar surface area (TPSA) is 32.9 Å². The third-order valence-electron chi connectivity index (χ3n) is 2.18. The summed E-state index contributed by atoms with van der Waals surface area (Å²) < 4.78 is 0. The lowest BCUT2D eigenvalue weighted by Crippen LogP contribution is -2.03. The maximum atomic E-state index is 11.2. The van der Waals surface area contributed by atoms with Crippen molar-refractivity contribution in [1.29, 1.82) is 0 Å². The minimum atomic E-state index is -0.120. The van der Waals surface area contributed by atoms with E-state index in [9.17, 15) is 4.79 Å². The van der Waals surface area contributed by atoms with Crippen molar-refractivity contribution in [2.45, 2.75) is 6.92 Å². The molecule has 2 nitrogen and oxygen atoms in total. The monoisotopic (exact) mass is 219 g/mol. The van der Waals surface area contributed by atoms with Gasteiger partial charge < -0.3 is 4.98 Å². The third-order valence-corrected chi connectivity index (χ3v) is 2.51. The second-order valence-corrected chi connectivity index (χ2v) is 3.82. The predicted octanol–water partition coefficient (Wildman–Crippen LogP) is 3.00. The van der Waals surface area contributed by atoms with Crippen LogP contribution in [0.4, 0.5) is 0 Å². The molecule has 0 spiro atoms. The van der Waals surface area contributed by atoms with E-state index in [-0.39, 0.29) is 5.56 Å². The average Bonchev–Trinajstić information content (AvgIpc) is 2.22. The summed E-state index contributed by atoms with van der Waals surface area (Å²) >= 11 is 6.06. The van der Waals surface area contributed by atoms with Crippen LogP contribution in [0.15, 0.2) is 41.2 Å². The first kappa shape index (κ1) is 9.99. The number of rotatable bonds is 1. The van der Waals surface area contributed by atoms with E-state index in [1.165, 1.54) is 6.07 Å². The van der Waals surface area contributed by atoms with E-state index < -0.39 is 0 Å². The van der Waals surface area contributed by atoms with E-state index in [0.29, 0.717) is 5.02 Å². The molecular weight excluding hydrogens is 210 g/mol. The molecule has 1 N–H and O–H groups in total. The van der Waals surface area contributed by atoms with Gasteiger partial charge in [-0.15, -0.1) is 0 Å². The highest BCUT2D eigenvalue weighted by atomic mass is 35.5. The van der Waals surface area contributed by atoms with E-state index in [2.05, 4.69) is 4.98 Å². The Labute approximate surface area is 92.5 Å². The quantitative estimate of drug-likeness (QED) is 0.786. The molecule has 76 valence electrons. The zero-order chi connectivity index (χ0) is 10.8. The first-order valence-corrected chi connectivity index (χ1v) is 5.00. The van der Waals surface area contributed by atoms with Crippen molar-refractivity contribution >= 4 is 11.6 Å². The summed E-state index contributed by atoms with van der Waals surface area (Å²) in [4.78, 5) is 13.9. The molecule has 0 atom stereocenters. The summed E-state index contributed by atoms with van der Waals surface area (Å²) in [5, 5.41) is 0.641. The molecule has 0 aliphatic rings. The fourth-order valence-corrected chi connectivity index (χ4v) is 1.67. The average molecular weight is 220 g/mol. The largest absolute Gasteiger partial charge is 0.322 e. The van der Waals surface area contributed by atoms with Gasteiger partial charge in [0.15, 0.2) is 0 Å². The number of halogens is 1. The van der Waals surface area contributed by atoms with Crippen LogP contribution in [-0.4, -0.2) is 4.98 Å². The van der Waals surface area contributed by atoms with Crippen molar-refractivity contribution in [2.75, 3.05) is 0 Å². The summed E-state index contributed by atoms with van der Waals surface area (Å²) in [5.41, 5.74) is 2.59. The molecule has 2 aromatic rings. The highest BCUT2D eigenvalue weighted by Crippen LogP contribution is 2.26. The minimum Gasteiger partial charge on any atom is -0.322 e. The van der Waals surface area contributed by atoms with Gasteiger partial charge in [0, 0.05) is 22.3 Å². The molecule has 1 aromatic heterocycles. The van der Waals surface area contributed by atoms with Crippen molar-refractivity contribution in [3.63, 3.8) is 0 Å². The van der Waals surface area contributed by atoms with Crippen LogP contribution in [0, 0.1) is 6.92 Å². The molecule has 15 heavy (non-hydrogen) atoms. The Balaban J connectivity index is 2.63. The highest BCUT2D eigenvalue weighted by Gasteiger charge is 2.03. The molecular formula is C12H10ClNO. The van der Waals surface area contributed by atoms with E-state index in [0.717, 1.165) is 16.8 Å². The van der Waals surface area contributed by atoms with Gasteiger partial charge in [0.1, 0.15) is 0 Å². The van der Waals surface area contributed by atoms with Gasteiger partial charge in [-0.1, -0.05) is 29.3 Å². The van der Waals surface area contributed by atoms with Crippen molar-refractivity contribution in [3.05, 3.63) is 57.3 Å². The number of aromatic amines is 1. The van der Waals surface area contributed by atoms with Gasteiger partial charge >= 0.3 is 0 Å². The summed E-state index contributed by atoms with van der Waals surface area (Å²) in [5.74, 6) is 0. The molecule has 1 aromatic carbocycles. The molecule has 0 amide bonds. The number of nitrogens with one attached hydrogen (secondary N) is 1. The molecule has 0 radical (unpaired) electrons. The third kappa shape index (κ3) is 2.10. The van der Waals surface area contributed by atoms with Crippen molar-refractivity contribution < 1.29 is 0 Å². The van der Waals surface area contributed by atoms with Gasteiger partial charge in [0.2, 0.25) is 5.56 Å². The van der Waals surface area contributed by atoms with Crippen LogP contribution in [-0.2, 0) is 0 Å². The SMILES string of the molecule is Cc1ccc(Cl)c(-c2cccc(=O)[nH]2)c1. The Hall–Kier alpha value is -1.54. The van der Waals surface area contributed by atoms with Crippen LogP contribution < -0.4 is 5.56 Å². The van der Waals surface area contributed by atoms with Gasteiger partial charge in [0.05, 0.1) is 0 Å². The highest BCUT2D eigenvalue weighted by molar-refractivity contribution is 6.33. The van der Waals surface area contributed by atoms with Crippen LogP contribution in [0.2, 0.25) is 5.02 Å². The maximum Gasteiger partial charge on any atom is 0.248 e. The maximum absolute atomic E-state index is 11.2. The summed E-state index contributed by atoms with van der Waals surface area (Å²) in [7, 11) is 0. The van der Waals surface area contributed by atoms with Crippen LogP contribution >= 0.6 is 11.6 Å². The van der Waals surface area contributed by atoms with Gasteiger partial charge in [0.25, 0.3) is 0 Å². The molecule has 0 saturated heterocycles. The second-order valence-electron chi connectivity index (χ2n) is 3.41. The van der Waals surface area contributed by atoms with Crippen LogP contribution in [0.1, 0.15) is 5.56 Å². The normalized spacial score (nSPS) is 10.3. The zero-order valence-corrected chi connectivity index (χ0v) is 9.01. The van der Waals surface area contributed by atoms with Crippen LogP contribution in [0.5, 0.6) is 0 Å². The predicted molar refractivity (Wildman–Crippen MR) is 62.2 cm³/mol. The van der Waals surface area contributed by atoms with Gasteiger partial charge in [-0.3, -0.25) is 4.79 Å². The number of hydrogen-bond donors (Lipinski definition) is 1. The summed E-state index contributed by atoms with van der Waals surface area (Å²) in [6.45, 7) is 1.99. The van der Waals surface area contributed by atoms with Crippen LogP contribution in [0.25, 0.3) is 11.3 Å². The Kier molecular flexibility index (Phi) is 2.60. The molecule has 0 bridgehead atoms. The molecule has 2 rings (SSSR count). The molecule has 0 fully saturated rings. The number of hydrogen-bond acceptors (Lipinski definition) is 1. The van der Waals surface area contributed by atoms with E-state index in [4.69, 9.17) is 11.6 Å². The van der Waals surface area contributed by atoms with Gasteiger partial charge in [-0.05, 0) is 25.1 Å². The Morgan fingerprint density at radius 1 is 1.20 bits per heavy atom. The van der Waals surface area contributed by atoms with Crippen molar-refractivity contribution in [1.82, 2.24) is 4.98 Å². The Bertz CT molecular complexity index is 545. The van der Waals surface area contributed by atoms with Crippen LogP contribution in [0.3, 0.4) is 0 Å². The number of aromatic nitrogens is 1. The van der Waals surface area contributed by atoms with E-state index in [1.54, 1.807) is 6.07 Å². The van der Waals surface area contributed by atoms with Gasteiger partial charge in [-0.2, -0.15) is 0 Å². The first-order valence-electron chi connectivity index (χ1n) is 4.63. The molecule has 1 heterocycles. The first-order chi connectivity index (χ1) is 7.16. The molecule has 0 aliphatic carbocycles. The summed E-state index contributed by atoms with van der Waals surface area (Å²) in [6.07, 6.45) is 0. The lowest BCUT2D eigenvalue weighted by Gasteiger charge is -2.04. The number of H-pyrrole nitrogens is 1. The molecule has 3 heteroatoms. The smallest absolute Gasteiger partial charge is 0.248 e. The molecule has 0 saturated carbocycles. The molecule has 0 unspecified atom stereocenters. The van der Waals surface area contributed by atoms with Crippen molar-refractivity contribution in [3.8, 4) is 11.3 Å². The number of aryl methyl sites for hydroxylation is 1. The lowest BCUT2D eigenvalue weighted by molar-refractivity contribution is 1.24. The fourth-order valence-electron chi connectivity index (χ4n) is 1.45.